The van der Waals surface area contributed by atoms with Gasteiger partial charge in [0, 0.05) is 27.2 Å². The van der Waals surface area contributed by atoms with E-state index in [4.69, 9.17) is 27.9 Å². The average Bonchev–Trinajstić information content (AvgIpc) is 2.39. The molecule has 4 nitrogen and oxygen atoms in total. The van der Waals surface area contributed by atoms with Crippen LogP contribution in [0.3, 0.4) is 0 Å². The molecule has 1 aromatic heterocycles. The van der Waals surface area contributed by atoms with E-state index < -0.39 is 0 Å². The normalized spacial score (nSPS) is 20.0. The lowest BCUT2D eigenvalue weighted by molar-refractivity contribution is 0.0891. The molecule has 0 aromatic carbocycles. The Hall–Kier alpha value is -0.710. The molecule has 0 saturated carbocycles. The maximum atomic E-state index is 6.23. The lowest BCUT2D eigenvalue weighted by atomic mass is 10.1. The fourth-order valence-corrected chi connectivity index (χ4v) is 2.75. The predicted octanol–water partition coefficient (Wildman–Crippen LogP) is 3.05. The van der Waals surface area contributed by atoms with Crippen molar-refractivity contribution < 1.29 is 4.74 Å². The van der Waals surface area contributed by atoms with Crippen molar-refractivity contribution in [2.75, 3.05) is 37.5 Å². The predicted molar refractivity (Wildman–Crippen MR) is 76.0 cm³/mol. The minimum Gasteiger partial charge on any atom is -0.380 e. The molecule has 1 saturated heterocycles. The van der Waals surface area contributed by atoms with Crippen molar-refractivity contribution in [2.45, 2.75) is 18.9 Å². The molecule has 1 aliphatic rings. The Balaban J connectivity index is 2.26. The van der Waals surface area contributed by atoms with E-state index in [-0.39, 0.29) is 6.10 Å². The fourth-order valence-electron chi connectivity index (χ4n) is 2.18. The zero-order chi connectivity index (χ0) is 13.1. The van der Waals surface area contributed by atoms with E-state index in [1.807, 2.05) is 0 Å². The molecule has 1 atom stereocenters. The first-order chi connectivity index (χ1) is 8.65. The molecular weight excluding hydrogens is 273 g/mol. The monoisotopic (exact) mass is 289 g/mol. The molecule has 0 aliphatic carbocycles. The summed E-state index contributed by atoms with van der Waals surface area (Å²) in [6, 6.07) is 1.73. The molecule has 0 radical (unpaired) electrons. The van der Waals surface area contributed by atoms with Crippen molar-refractivity contribution in [3.05, 3.63) is 16.1 Å². The highest BCUT2D eigenvalue weighted by Gasteiger charge is 2.23. The summed E-state index contributed by atoms with van der Waals surface area (Å²) >= 11 is 12.3. The van der Waals surface area contributed by atoms with E-state index in [1.54, 1.807) is 20.2 Å². The Morgan fingerprint density at radius 3 is 2.89 bits per heavy atom. The Bertz CT molecular complexity index is 428. The maximum Gasteiger partial charge on any atom is 0.150 e. The number of ether oxygens (including phenoxy) is 1. The molecule has 0 amide bonds. The molecular formula is C12H17Cl2N3O. The van der Waals surface area contributed by atoms with Crippen LogP contribution in [-0.2, 0) is 4.74 Å². The molecule has 2 heterocycles. The molecule has 0 spiro atoms. The van der Waals surface area contributed by atoms with Gasteiger partial charge in [-0.05, 0) is 18.9 Å². The number of nitrogens with one attached hydrogen (secondary N) is 1. The van der Waals surface area contributed by atoms with Crippen molar-refractivity contribution >= 4 is 34.8 Å². The summed E-state index contributed by atoms with van der Waals surface area (Å²) in [7, 11) is 3.53. The number of anilines is 2. The molecule has 0 bridgehead atoms. The zero-order valence-electron chi connectivity index (χ0n) is 10.5. The lowest BCUT2D eigenvalue weighted by Gasteiger charge is -2.33. The van der Waals surface area contributed by atoms with Gasteiger partial charge in [-0.2, -0.15) is 0 Å². The van der Waals surface area contributed by atoms with E-state index in [9.17, 15) is 0 Å². The number of rotatable bonds is 3. The summed E-state index contributed by atoms with van der Waals surface area (Å²) in [5.74, 6) is 1.42. The molecule has 18 heavy (non-hydrogen) atoms. The van der Waals surface area contributed by atoms with Gasteiger partial charge < -0.3 is 15.0 Å². The van der Waals surface area contributed by atoms with E-state index in [0.29, 0.717) is 15.9 Å². The van der Waals surface area contributed by atoms with Crippen LogP contribution in [0.1, 0.15) is 12.8 Å². The van der Waals surface area contributed by atoms with E-state index in [2.05, 4.69) is 15.2 Å². The number of hydrogen-bond acceptors (Lipinski definition) is 4. The Labute approximate surface area is 117 Å². The van der Waals surface area contributed by atoms with Crippen molar-refractivity contribution in [1.29, 1.82) is 0 Å². The third-order valence-corrected chi connectivity index (χ3v) is 3.73. The summed E-state index contributed by atoms with van der Waals surface area (Å²) in [6.07, 6.45) is 2.40. The molecule has 1 N–H and O–H groups in total. The highest BCUT2D eigenvalue weighted by molar-refractivity contribution is 6.37. The molecule has 6 heteroatoms. The van der Waals surface area contributed by atoms with Gasteiger partial charge in [0.1, 0.15) is 11.6 Å². The van der Waals surface area contributed by atoms with Gasteiger partial charge >= 0.3 is 0 Å². The quantitative estimate of drug-likeness (QED) is 0.928. The first-order valence-corrected chi connectivity index (χ1v) is 6.72. The number of hydrogen-bond donors (Lipinski definition) is 1. The largest absolute Gasteiger partial charge is 0.380 e. The Kier molecular flexibility index (Phi) is 4.54. The van der Waals surface area contributed by atoms with Crippen LogP contribution in [0.2, 0.25) is 10.0 Å². The smallest absolute Gasteiger partial charge is 0.150 e. The van der Waals surface area contributed by atoms with E-state index in [1.165, 1.54) is 0 Å². The number of nitrogens with zero attached hydrogens (tertiary/aromatic N) is 2. The number of aromatic nitrogens is 1. The summed E-state index contributed by atoms with van der Waals surface area (Å²) in [4.78, 5) is 6.63. The van der Waals surface area contributed by atoms with Gasteiger partial charge in [0.2, 0.25) is 0 Å². The highest BCUT2D eigenvalue weighted by Crippen LogP contribution is 2.32. The second kappa shape index (κ2) is 5.95. The van der Waals surface area contributed by atoms with Crippen LogP contribution in [0, 0.1) is 0 Å². The zero-order valence-corrected chi connectivity index (χ0v) is 12.1. The van der Waals surface area contributed by atoms with Gasteiger partial charge in [0.05, 0.1) is 16.1 Å². The van der Waals surface area contributed by atoms with Crippen LogP contribution in [0.15, 0.2) is 6.07 Å². The number of methoxy groups -OCH3 is 1. The van der Waals surface area contributed by atoms with E-state index in [0.717, 1.165) is 31.7 Å². The molecule has 100 valence electrons. The van der Waals surface area contributed by atoms with Gasteiger partial charge in [0.25, 0.3) is 0 Å². The van der Waals surface area contributed by atoms with Crippen molar-refractivity contribution in [1.82, 2.24) is 4.98 Å². The topological polar surface area (TPSA) is 37.4 Å². The first-order valence-electron chi connectivity index (χ1n) is 5.97. The summed E-state index contributed by atoms with van der Waals surface area (Å²) in [6.45, 7) is 1.76. The average molecular weight is 290 g/mol. The maximum absolute atomic E-state index is 6.23. The number of halogens is 2. The standard InChI is InChI=1S/C12H17Cl2N3O/c1-15-11-9(13)6-10(14)12(16-11)17-5-3-4-8(7-17)18-2/h6,8H,3-5,7H2,1-2H3,(H,15,16). The van der Waals surface area contributed by atoms with Crippen LogP contribution in [0.5, 0.6) is 0 Å². The summed E-state index contributed by atoms with van der Waals surface area (Å²) < 4.78 is 5.41. The number of piperidine rings is 1. The molecule has 2 rings (SSSR count). The van der Waals surface area contributed by atoms with E-state index >= 15 is 0 Å². The van der Waals surface area contributed by atoms with Gasteiger partial charge in [-0.1, -0.05) is 23.2 Å². The van der Waals surface area contributed by atoms with Gasteiger partial charge in [-0.3, -0.25) is 0 Å². The first kappa shape index (κ1) is 13.7. The van der Waals surface area contributed by atoms with Crippen molar-refractivity contribution in [3.8, 4) is 0 Å². The van der Waals surface area contributed by atoms with Crippen LogP contribution in [0.4, 0.5) is 11.6 Å². The minimum absolute atomic E-state index is 0.241. The minimum atomic E-state index is 0.241. The van der Waals surface area contributed by atoms with Crippen molar-refractivity contribution in [3.63, 3.8) is 0 Å². The van der Waals surface area contributed by atoms with Crippen molar-refractivity contribution in [2.24, 2.45) is 0 Å². The molecule has 1 aliphatic heterocycles. The second-order valence-corrected chi connectivity index (χ2v) is 5.13. The third-order valence-electron chi connectivity index (χ3n) is 3.16. The van der Waals surface area contributed by atoms with Gasteiger partial charge in [-0.15, -0.1) is 0 Å². The second-order valence-electron chi connectivity index (χ2n) is 4.32. The number of pyridine rings is 1. The van der Waals surface area contributed by atoms with Gasteiger partial charge in [0.15, 0.2) is 0 Å². The Morgan fingerprint density at radius 2 is 2.22 bits per heavy atom. The van der Waals surface area contributed by atoms with Crippen LogP contribution < -0.4 is 10.2 Å². The summed E-state index contributed by atoms with van der Waals surface area (Å²) in [5, 5.41) is 4.08. The third kappa shape index (κ3) is 2.82. The fraction of sp³-hybridized carbons (Fsp3) is 0.583. The highest BCUT2D eigenvalue weighted by atomic mass is 35.5. The molecule has 1 unspecified atom stereocenters. The van der Waals surface area contributed by atoms with Crippen LogP contribution in [-0.4, -0.2) is 38.3 Å². The lowest BCUT2D eigenvalue weighted by Crippen LogP contribution is -2.39. The molecule has 1 aromatic rings. The Morgan fingerprint density at radius 1 is 1.44 bits per heavy atom. The summed E-state index contributed by atoms with van der Waals surface area (Å²) in [5.41, 5.74) is 0. The SMILES string of the molecule is CNc1nc(N2CCCC(OC)C2)c(Cl)cc1Cl. The molecule has 1 fully saturated rings. The van der Waals surface area contributed by atoms with Crippen LogP contribution >= 0.6 is 23.2 Å². The van der Waals surface area contributed by atoms with Crippen LogP contribution in [0.25, 0.3) is 0 Å². The van der Waals surface area contributed by atoms with Gasteiger partial charge in [-0.25, -0.2) is 4.98 Å².